The number of nitrogens with two attached hydrogens (primary N) is 1. The Labute approximate surface area is 236 Å². The summed E-state index contributed by atoms with van der Waals surface area (Å²) in [5.74, 6) is -3.17. The number of carbonyl (C=O) groups is 4. The van der Waals surface area contributed by atoms with Crippen molar-refractivity contribution >= 4 is 36.3 Å². The average Bonchev–Trinajstić information content (AvgIpc) is 3.46. The first-order valence-electron chi connectivity index (χ1n) is 12.5. The highest BCUT2D eigenvalue weighted by atomic mass is 32.1. The van der Waals surface area contributed by atoms with Gasteiger partial charge in [-0.05, 0) is 23.3 Å². The molecule has 1 aromatic heterocycles. The number of aromatic nitrogens is 2. The summed E-state index contributed by atoms with van der Waals surface area (Å²) >= 11 is 4.03. The second kappa shape index (κ2) is 14.7. The quantitative estimate of drug-likeness (QED) is 0.124. The van der Waals surface area contributed by atoms with Gasteiger partial charge in [0.15, 0.2) is 0 Å². The van der Waals surface area contributed by atoms with Crippen LogP contribution >= 0.6 is 12.6 Å². The zero-order chi connectivity index (χ0) is 29.1. The Balaban J connectivity index is 1.81. The molecule has 0 saturated carbocycles. The summed E-state index contributed by atoms with van der Waals surface area (Å²) in [5, 5.41) is 27.0. The van der Waals surface area contributed by atoms with Crippen LogP contribution in [0.3, 0.4) is 0 Å². The molecule has 3 rings (SSSR count). The van der Waals surface area contributed by atoms with E-state index in [9.17, 15) is 29.4 Å². The third-order valence-electron chi connectivity index (χ3n) is 6.05. The van der Waals surface area contributed by atoms with Crippen LogP contribution in [-0.2, 0) is 38.4 Å². The highest BCUT2D eigenvalue weighted by Crippen LogP contribution is 2.12. The standard InChI is InChI=1S/C27H32N6O6S/c28-20(14-40)24(35)31-22(12-18-13-29-15-30-18)26(37)32-21(10-16-4-2-1-3-5-16)25(36)33-23(27(38)39)11-17-6-8-19(34)9-7-17/h1-9,13,15,20-23,34,40H,10-12,14,28H2,(H,29,30)(H,31,35)(H,32,37)(H,33,36)(H,38,39). The van der Waals surface area contributed by atoms with E-state index in [1.54, 1.807) is 42.5 Å². The number of carbonyl (C=O) groups excluding carboxylic acids is 3. The molecule has 13 heteroatoms. The molecule has 3 amide bonds. The van der Waals surface area contributed by atoms with Crippen LogP contribution in [0.25, 0.3) is 0 Å². The molecule has 0 aliphatic carbocycles. The number of benzene rings is 2. The van der Waals surface area contributed by atoms with E-state index in [1.165, 1.54) is 24.7 Å². The monoisotopic (exact) mass is 568 g/mol. The topological polar surface area (TPSA) is 200 Å². The van der Waals surface area contributed by atoms with E-state index >= 15 is 0 Å². The molecule has 0 saturated heterocycles. The minimum absolute atomic E-state index is 0.0254. The molecule has 2 aromatic carbocycles. The maximum Gasteiger partial charge on any atom is 0.326 e. The highest BCUT2D eigenvalue weighted by Gasteiger charge is 2.31. The third kappa shape index (κ3) is 9.13. The minimum atomic E-state index is -1.30. The first-order chi connectivity index (χ1) is 19.2. The van der Waals surface area contributed by atoms with Gasteiger partial charge in [-0.1, -0.05) is 42.5 Å². The summed E-state index contributed by atoms with van der Waals surface area (Å²) in [6.07, 6.45) is 2.98. The van der Waals surface area contributed by atoms with Crippen LogP contribution in [0.1, 0.15) is 16.8 Å². The number of amides is 3. The molecular formula is C27H32N6O6S. The summed E-state index contributed by atoms with van der Waals surface area (Å²) < 4.78 is 0. The van der Waals surface area contributed by atoms with Crippen LogP contribution in [0.5, 0.6) is 5.75 Å². The molecule has 0 spiro atoms. The fourth-order valence-electron chi connectivity index (χ4n) is 3.86. The van der Waals surface area contributed by atoms with Crippen LogP contribution < -0.4 is 21.7 Å². The van der Waals surface area contributed by atoms with Crippen LogP contribution in [0.15, 0.2) is 67.1 Å². The van der Waals surface area contributed by atoms with Gasteiger partial charge in [-0.3, -0.25) is 14.4 Å². The SMILES string of the molecule is NC(CS)C(=O)NC(Cc1cnc[nH]1)C(=O)NC(Cc1ccccc1)C(=O)NC(Cc1ccc(O)cc1)C(=O)O. The number of imidazole rings is 1. The number of thiol groups is 1. The number of phenols is 1. The number of rotatable bonds is 14. The van der Waals surface area contributed by atoms with Crippen molar-refractivity contribution in [1.82, 2.24) is 25.9 Å². The zero-order valence-corrected chi connectivity index (χ0v) is 22.4. The Kier molecular flexibility index (Phi) is 11.1. The predicted octanol–water partition coefficient (Wildman–Crippen LogP) is -0.0607. The van der Waals surface area contributed by atoms with Crippen LogP contribution in [0, 0.1) is 0 Å². The number of aromatic amines is 1. The minimum Gasteiger partial charge on any atom is -0.508 e. The smallest absolute Gasteiger partial charge is 0.326 e. The lowest BCUT2D eigenvalue weighted by Crippen LogP contribution is -2.58. The largest absolute Gasteiger partial charge is 0.508 e. The summed E-state index contributed by atoms with van der Waals surface area (Å²) in [6, 6.07) is 10.3. The van der Waals surface area contributed by atoms with Crippen molar-refractivity contribution in [1.29, 1.82) is 0 Å². The van der Waals surface area contributed by atoms with E-state index in [0.29, 0.717) is 11.3 Å². The van der Waals surface area contributed by atoms with Crippen molar-refractivity contribution in [3.8, 4) is 5.75 Å². The number of hydrogen-bond donors (Lipinski definition) is 8. The molecule has 4 unspecified atom stereocenters. The Hall–Kier alpha value is -4.36. The van der Waals surface area contributed by atoms with Crippen LogP contribution in [0.4, 0.5) is 0 Å². The van der Waals surface area contributed by atoms with Crippen molar-refractivity contribution in [2.75, 3.05) is 5.75 Å². The number of aromatic hydroxyl groups is 1. The van der Waals surface area contributed by atoms with E-state index in [-0.39, 0.29) is 30.8 Å². The molecule has 0 aliphatic heterocycles. The Bertz CT molecular complexity index is 1270. The molecule has 212 valence electrons. The van der Waals surface area contributed by atoms with Gasteiger partial charge in [0.1, 0.15) is 23.9 Å². The van der Waals surface area contributed by atoms with Gasteiger partial charge in [0.25, 0.3) is 0 Å². The molecule has 8 N–H and O–H groups in total. The second-order valence-electron chi connectivity index (χ2n) is 9.15. The van der Waals surface area contributed by atoms with Gasteiger partial charge >= 0.3 is 5.97 Å². The molecule has 12 nitrogen and oxygen atoms in total. The van der Waals surface area contributed by atoms with Gasteiger partial charge in [0.05, 0.1) is 12.4 Å². The van der Waals surface area contributed by atoms with Gasteiger partial charge in [0, 0.05) is 36.9 Å². The van der Waals surface area contributed by atoms with E-state index in [0.717, 1.165) is 5.56 Å². The summed E-state index contributed by atoms with van der Waals surface area (Å²) in [6.45, 7) is 0. The Morgan fingerprint density at radius 3 is 1.95 bits per heavy atom. The number of phenolic OH excluding ortho intramolecular Hbond substituents is 1. The summed E-state index contributed by atoms with van der Waals surface area (Å²) in [4.78, 5) is 58.1. The van der Waals surface area contributed by atoms with E-state index in [4.69, 9.17) is 5.73 Å². The van der Waals surface area contributed by atoms with E-state index in [1.807, 2.05) is 0 Å². The maximum atomic E-state index is 13.4. The number of carboxylic acids is 1. The molecule has 4 atom stereocenters. The van der Waals surface area contributed by atoms with Gasteiger partial charge in [-0.15, -0.1) is 0 Å². The van der Waals surface area contributed by atoms with Crippen molar-refractivity contribution in [3.05, 3.63) is 83.9 Å². The number of carboxylic acid groups (broad SMARTS) is 1. The third-order valence-corrected chi connectivity index (χ3v) is 6.45. The van der Waals surface area contributed by atoms with E-state index < -0.39 is 47.9 Å². The molecule has 40 heavy (non-hydrogen) atoms. The number of nitrogens with one attached hydrogen (secondary N) is 4. The Morgan fingerprint density at radius 1 is 0.825 bits per heavy atom. The molecule has 0 aliphatic rings. The highest BCUT2D eigenvalue weighted by molar-refractivity contribution is 7.80. The average molecular weight is 569 g/mol. The van der Waals surface area contributed by atoms with Crippen molar-refractivity contribution in [2.24, 2.45) is 5.73 Å². The molecule has 3 aromatic rings. The molecule has 0 fully saturated rings. The lowest BCUT2D eigenvalue weighted by Gasteiger charge is -2.25. The summed E-state index contributed by atoms with van der Waals surface area (Å²) in [7, 11) is 0. The molecule has 1 heterocycles. The first kappa shape index (κ1) is 30.2. The Morgan fingerprint density at radius 2 is 1.38 bits per heavy atom. The fraction of sp³-hybridized carbons (Fsp3) is 0.296. The predicted molar refractivity (Wildman–Crippen MR) is 150 cm³/mol. The normalized spacial score (nSPS) is 13.8. The lowest BCUT2D eigenvalue weighted by molar-refractivity contribution is -0.142. The van der Waals surface area contributed by atoms with Crippen molar-refractivity contribution in [2.45, 2.75) is 43.4 Å². The summed E-state index contributed by atoms with van der Waals surface area (Å²) in [5.41, 5.74) is 7.63. The van der Waals surface area contributed by atoms with Gasteiger partial charge < -0.3 is 36.9 Å². The van der Waals surface area contributed by atoms with Gasteiger partial charge in [-0.25, -0.2) is 9.78 Å². The van der Waals surface area contributed by atoms with E-state index in [2.05, 4.69) is 38.5 Å². The van der Waals surface area contributed by atoms with Crippen LogP contribution in [-0.4, -0.2) is 73.8 Å². The molecule has 0 bridgehead atoms. The first-order valence-corrected chi connectivity index (χ1v) is 13.1. The van der Waals surface area contributed by atoms with Crippen LogP contribution in [0.2, 0.25) is 0 Å². The van der Waals surface area contributed by atoms with Crippen molar-refractivity contribution in [3.63, 3.8) is 0 Å². The zero-order valence-electron chi connectivity index (χ0n) is 21.5. The van der Waals surface area contributed by atoms with Gasteiger partial charge in [-0.2, -0.15) is 12.6 Å². The lowest BCUT2D eigenvalue weighted by atomic mass is 10.0. The fourth-order valence-corrected chi connectivity index (χ4v) is 4.02. The molecular weight excluding hydrogens is 536 g/mol. The molecule has 0 radical (unpaired) electrons. The van der Waals surface area contributed by atoms with Crippen molar-refractivity contribution < 1.29 is 29.4 Å². The number of aliphatic carboxylic acids is 1. The second-order valence-corrected chi connectivity index (χ2v) is 9.52. The number of nitrogens with zero attached hydrogens (tertiary/aromatic N) is 1. The number of hydrogen-bond acceptors (Lipinski definition) is 8. The number of H-pyrrole nitrogens is 1. The van der Waals surface area contributed by atoms with Gasteiger partial charge in [0.2, 0.25) is 17.7 Å². The maximum absolute atomic E-state index is 13.4.